The lowest BCUT2D eigenvalue weighted by atomic mass is 10.2. The second-order valence-electron chi connectivity index (χ2n) is 3.92. The Kier molecular flexibility index (Phi) is 4.24. The van der Waals surface area contributed by atoms with Crippen molar-refractivity contribution in [1.29, 1.82) is 0 Å². The highest BCUT2D eigenvalue weighted by molar-refractivity contribution is 6.30. The molecule has 6 nitrogen and oxygen atoms in total. The van der Waals surface area contributed by atoms with E-state index >= 15 is 0 Å². The van der Waals surface area contributed by atoms with Crippen LogP contribution in [0.5, 0.6) is 5.75 Å². The topological polar surface area (TPSA) is 80.1 Å². The molecule has 0 aliphatic carbocycles. The molecule has 0 spiro atoms. The van der Waals surface area contributed by atoms with Gasteiger partial charge in [0, 0.05) is 18.1 Å². The van der Waals surface area contributed by atoms with Crippen molar-refractivity contribution < 1.29 is 9.84 Å². The number of hydrogen-bond acceptors (Lipinski definition) is 4. The van der Waals surface area contributed by atoms with Crippen molar-refractivity contribution >= 4 is 11.6 Å². The molecular formula is C12H14ClN3O3. The maximum Gasteiger partial charge on any atom is 0.348 e. The van der Waals surface area contributed by atoms with Gasteiger partial charge in [0.1, 0.15) is 11.6 Å². The maximum absolute atomic E-state index is 11.9. The van der Waals surface area contributed by atoms with Crippen LogP contribution in [-0.4, -0.2) is 33.6 Å². The van der Waals surface area contributed by atoms with Gasteiger partial charge >= 0.3 is 5.69 Å². The Labute approximate surface area is 114 Å². The van der Waals surface area contributed by atoms with Crippen molar-refractivity contribution in [1.82, 2.24) is 14.8 Å². The van der Waals surface area contributed by atoms with Gasteiger partial charge in [0.2, 0.25) is 0 Å². The van der Waals surface area contributed by atoms with Gasteiger partial charge in [0.05, 0.1) is 12.8 Å². The molecule has 0 aliphatic heterocycles. The van der Waals surface area contributed by atoms with Crippen LogP contribution in [0.4, 0.5) is 0 Å². The smallest absolute Gasteiger partial charge is 0.348 e. The summed E-state index contributed by atoms with van der Waals surface area (Å²) in [6, 6.07) is 5.01. The number of aliphatic hydroxyl groups is 1. The molecule has 0 atom stereocenters. The molecule has 1 aromatic carbocycles. The van der Waals surface area contributed by atoms with E-state index in [1.165, 1.54) is 11.7 Å². The van der Waals surface area contributed by atoms with E-state index in [4.69, 9.17) is 21.4 Å². The SMILES string of the molecule is COc1ccc(Cl)cc1-n1c(CCCO)n[nH]c1=O. The van der Waals surface area contributed by atoms with Gasteiger partial charge < -0.3 is 9.84 Å². The lowest BCUT2D eigenvalue weighted by Gasteiger charge is -2.10. The number of methoxy groups -OCH3 is 1. The molecule has 0 bridgehead atoms. The standard InChI is InChI=1S/C12H14ClN3O3/c1-19-10-5-4-8(13)7-9(10)16-11(3-2-6-17)14-15-12(16)18/h4-5,7,17H,2-3,6H2,1H3,(H,15,18). The van der Waals surface area contributed by atoms with Gasteiger partial charge in [0.25, 0.3) is 0 Å². The van der Waals surface area contributed by atoms with E-state index in [9.17, 15) is 4.79 Å². The van der Waals surface area contributed by atoms with E-state index in [0.29, 0.717) is 35.1 Å². The molecule has 2 rings (SSSR count). The fourth-order valence-corrected chi connectivity index (χ4v) is 1.99. The Morgan fingerprint density at radius 3 is 3.00 bits per heavy atom. The van der Waals surface area contributed by atoms with E-state index in [0.717, 1.165) is 0 Å². The number of aliphatic hydroxyl groups excluding tert-OH is 1. The minimum atomic E-state index is -0.367. The highest BCUT2D eigenvalue weighted by Crippen LogP contribution is 2.26. The van der Waals surface area contributed by atoms with Gasteiger partial charge in [-0.25, -0.2) is 14.5 Å². The molecule has 1 heterocycles. The summed E-state index contributed by atoms with van der Waals surface area (Å²) in [5, 5.41) is 15.7. The van der Waals surface area contributed by atoms with Gasteiger partial charge in [-0.1, -0.05) is 11.6 Å². The summed E-state index contributed by atoms with van der Waals surface area (Å²) in [5.74, 6) is 1.05. The summed E-state index contributed by atoms with van der Waals surface area (Å²) in [6.45, 7) is 0.0354. The number of nitrogens with one attached hydrogen (secondary N) is 1. The molecule has 0 unspecified atom stereocenters. The highest BCUT2D eigenvalue weighted by atomic mass is 35.5. The van der Waals surface area contributed by atoms with Crippen LogP contribution in [0, 0.1) is 0 Å². The summed E-state index contributed by atoms with van der Waals surface area (Å²) < 4.78 is 6.63. The Morgan fingerprint density at radius 1 is 1.53 bits per heavy atom. The lowest BCUT2D eigenvalue weighted by Crippen LogP contribution is -2.18. The first kappa shape index (κ1) is 13.6. The molecule has 0 saturated heterocycles. The second kappa shape index (κ2) is 5.90. The summed E-state index contributed by atoms with van der Waals surface area (Å²) in [5.41, 5.74) is 0.162. The number of benzene rings is 1. The number of rotatable bonds is 5. The van der Waals surface area contributed by atoms with E-state index in [1.54, 1.807) is 18.2 Å². The van der Waals surface area contributed by atoms with E-state index in [2.05, 4.69) is 10.2 Å². The third-order valence-electron chi connectivity index (χ3n) is 2.68. The first-order chi connectivity index (χ1) is 9.17. The zero-order valence-corrected chi connectivity index (χ0v) is 11.1. The monoisotopic (exact) mass is 283 g/mol. The second-order valence-corrected chi connectivity index (χ2v) is 4.36. The molecule has 19 heavy (non-hydrogen) atoms. The van der Waals surface area contributed by atoms with Gasteiger partial charge in [-0.05, 0) is 24.6 Å². The van der Waals surface area contributed by atoms with Crippen LogP contribution in [0.1, 0.15) is 12.2 Å². The summed E-state index contributed by atoms with van der Waals surface area (Å²) >= 11 is 5.96. The van der Waals surface area contributed by atoms with Gasteiger partial charge in [-0.15, -0.1) is 0 Å². The van der Waals surface area contributed by atoms with Crippen LogP contribution in [-0.2, 0) is 6.42 Å². The lowest BCUT2D eigenvalue weighted by molar-refractivity contribution is 0.287. The summed E-state index contributed by atoms with van der Waals surface area (Å²) in [7, 11) is 1.52. The number of halogens is 1. The maximum atomic E-state index is 11.9. The van der Waals surface area contributed by atoms with E-state index in [1.807, 2.05) is 0 Å². The molecule has 102 valence electrons. The number of aromatic nitrogens is 3. The fraction of sp³-hybridized carbons (Fsp3) is 0.333. The molecule has 0 aliphatic rings. The van der Waals surface area contributed by atoms with Crippen molar-refractivity contribution in [3.63, 3.8) is 0 Å². The predicted molar refractivity (Wildman–Crippen MR) is 71.2 cm³/mol. The van der Waals surface area contributed by atoms with Gasteiger partial charge in [-0.3, -0.25) is 0 Å². The molecule has 1 aromatic heterocycles. The minimum Gasteiger partial charge on any atom is -0.495 e. The Balaban J connectivity index is 2.54. The first-order valence-corrected chi connectivity index (χ1v) is 6.16. The van der Waals surface area contributed by atoms with E-state index < -0.39 is 0 Å². The van der Waals surface area contributed by atoms with Crippen LogP contribution in [0.2, 0.25) is 5.02 Å². The molecule has 2 N–H and O–H groups in total. The zero-order valence-electron chi connectivity index (χ0n) is 10.4. The van der Waals surface area contributed by atoms with Crippen molar-refractivity contribution in [2.75, 3.05) is 13.7 Å². The Morgan fingerprint density at radius 2 is 2.32 bits per heavy atom. The molecule has 0 fully saturated rings. The molecule has 0 radical (unpaired) electrons. The summed E-state index contributed by atoms with van der Waals surface area (Å²) in [4.78, 5) is 11.9. The van der Waals surface area contributed by atoms with Gasteiger partial charge in [0.15, 0.2) is 0 Å². The fourth-order valence-electron chi connectivity index (χ4n) is 1.82. The molecule has 2 aromatic rings. The molecule has 0 amide bonds. The molecule has 7 heteroatoms. The van der Waals surface area contributed by atoms with Crippen LogP contribution < -0.4 is 10.4 Å². The van der Waals surface area contributed by atoms with Crippen LogP contribution in [0.25, 0.3) is 5.69 Å². The molecule has 0 saturated carbocycles. The van der Waals surface area contributed by atoms with Crippen LogP contribution in [0.15, 0.2) is 23.0 Å². The number of nitrogens with zero attached hydrogens (tertiary/aromatic N) is 2. The van der Waals surface area contributed by atoms with E-state index in [-0.39, 0.29) is 12.3 Å². The highest BCUT2D eigenvalue weighted by Gasteiger charge is 2.14. The van der Waals surface area contributed by atoms with Crippen molar-refractivity contribution in [2.45, 2.75) is 12.8 Å². The number of H-pyrrole nitrogens is 1. The van der Waals surface area contributed by atoms with Crippen molar-refractivity contribution in [2.24, 2.45) is 0 Å². The minimum absolute atomic E-state index is 0.0354. The third-order valence-corrected chi connectivity index (χ3v) is 2.92. The average Bonchev–Trinajstić information content (AvgIpc) is 2.77. The number of ether oxygens (including phenoxy) is 1. The largest absolute Gasteiger partial charge is 0.495 e. The number of aryl methyl sites for hydroxylation is 1. The van der Waals surface area contributed by atoms with Crippen LogP contribution >= 0.6 is 11.6 Å². The summed E-state index contributed by atoms with van der Waals surface area (Å²) in [6.07, 6.45) is 0.998. The van der Waals surface area contributed by atoms with Crippen LogP contribution in [0.3, 0.4) is 0 Å². The molecular weight excluding hydrogens is 270 g/mol. The van der Waals surface area contributed by atoms with Crippen molar-refractivity contribution in [3.05, 3.63) is 39.5 Å². The Bertz CT molecular complexity index is 621. The predicted octanol–water partition coefficient (Wildman–Crippen LogP) is 1.15. The number of aromatic amines is 1. The zero-order chi connectivity index (χ0) is 13.8. The normalized spacial score (nSPS) is 10.7. The third kappa shape index (κ3) is 2.80. The van der Waals surface area contributed by atoms with Gasteiger partial charge in [-0.2, -0.15) is 5.10 Å². The first-order valence-electron chi connectivity index (χ1n) is 5.78. The van der Waals surface area contributed by atoms with Crippen molar-refractivity contribution in [3.8, 4) is 11.4 Å². The quantitative estimate of drug-likeness (QED) is 0.862. The number of hydrogen-bond donors (Lipinski definition) is 2. The average molecular weight is 284 g/mol. The Hall–Kier alpha value is -1.79.